The molecule has 166 valence electrons. The normalized spacial score (nSPS) is 17.4. The van der Waals surface area contributed by atoms with Crippen molar-refractivity contribution >= 4 is 16.7 Å². The Labute approximate surface area is 182 Å². The highest BCUT2D eigenvalue weighted by molar-refractivity contribution is 5.92. The molecular weight excluding hydrogens is 394 g/mol. The standard InChI is InChI=1S/C23H31N5O3/c1-15(2)28-23-20(12-25-28)22(26-17-7-8-30-13-17)10-21(27-23)16-5-4-6-19(9-16)31-14-18(29)11-24-3/h4-6,9-10,12,15,17-18,24,29H,7-8,11,13-14H2,1-3H3,(H,26,27). The molecule has 31 heavy (non-hydrogen) atoms. The maximum Gasteiger partial charge on any atom is 0.160 e. The van der Waals surface area contributed by atoms with Gasteiger partial charge in [0, 0.05) is 30.4 Å². The fraction of sp³-hybridized carbons (Fsp3) is 0.478. The number of pyridine rings is 1. The topological polar surface area (TPSA) is 93.5 Å². The van der Waals surface area contributed by atoms with Gasteiger partial charge >= 0.3 is 0 Å². The number of aliphatic hydroxyl groups is 1. The molecule has 1 saturated heterocycles. The summed E-state index contributed by atoms with van der Waals surface area (Å²) < 4.78 is 13.3. The van der Waals surface area contributed by atoms with Crippen molar-refractivity contribution in [3.8, 4) is 17.0 Å². The first-order chi connectivity index (χ1) is 15.0. The lowest BCUT2D eigenvalue weighted by Gasteiger charge is -2.16. The van der Waals surface area contributed by atoms with Crippen LogP contribution in [-0.4, -0.2) is 65.4 Å². The van der Waals surface area contributed by atoms with Gasteiger partial charge in [-0.2, -0.15) is 5.10 Å². The van der Waals surface area contributed by atoms with Crippen LogP contribution in [0.25, 0.3) is 22.3 Å². The van der Waals surface area contributed by atoms with Crippen molar-refractivity contribution in [2.45, 2.75) is 38.5 Å². The maximum atomic E-state index is 9.92. The van der Waals surface area contributed by atoms with Crippen molar-refractivity contribution in [2.24, 2.45) is 0 Å². The molecule has 2 atom stereocenters. The van der Waals surface area contributed by atoms with Crippen LogP contribution >= 0.6 is 0 Å². The van der Waals surface area contributed by atoms with Crippen molar-refractivity contribution in [3.05, 3.63) is 36.5 Å². The molecule has 0 aliphatic carbocycles. The average molecular weight is 426 g/mol. The molecule has 3 aromatic rings. The molecule has 3 N–H and O–H groups in total. The van der Waals surface area contributed by atoms with Gasteiger partial charge in [-0.25, -0.2) is 9.67 Å². The van der Waals surface area contributed by atoms with Gasteiger partial charge in [0.2, 0.25) is 0 Å². The number of benzene rings is 1. The highest BCUT2D eigenvalue weighted by atomic mass is 16.5. The molecular formula is C23H31N5O3. The number of likely N-dealkylation sites (N-methyl/N-ethyl adjacent to an activating group) is 1. The Morgan fingerprint density at radius 3 is 2.94 bits per heavy atom. The van der Waals surface area contributed by atoms with Gasteiger partial charge in [0.1, 0.15) is 18.5 Å². The molecule has 1 aromatic carbocycles. The predicted molar refractivity (Wildman–Crippen MR) is 122 cm³/mol. The van der Waals surface area contributed by atoms with Gasteiger partial charge < -0.3 is 25.2 Å². The molecule has 2 aromatic heterocycles. The number of aliphatic hydroxyl groups excluding tert-OH is 1. The van der Waals surface area contributed by atoms with E-state index in [0.717, 1.165) is 41.0 Å². The molecule has 0 bridgehead atoms. The highest BCUT2D eigenvalue weighted by Crippen LogP contribution is 2.32. The van der Waals surface area contributed by atoms with E-state index in [1.807, 2.05) is 35.1 Å². The Balaban J connectivity index is 1.68. The first kappa shape index (κ1) is 21.5. The number of hydrogen-bond donors (Lipinski definition) is 3. The van der Waals surface area contributed by atoms with Crippen molar-refractivity contribution in [3.63, 3.8) is 0 Å². The summed E-state index contributed by atoms with van der Waals surface area (Å²) in [6, 6.07) is 10.4. The van der Waals surface area contributed by atoms with Crippen LogP contribution in [0.1, 0.15) is 26.3 Å². The molecule has 8 nitrogen and oxygen atoms in total. The van der Waals surface area contributed by atoms with E-state index in [1.165, 1.54) is 0 Å². The van der Waals surface area contributed by atoms with Gasteiger partial charge in [0.25, 0.3) is 0 Å². The first-order valence-corrected chi connectivity index (χ1v) is 10.8. The number of ether oxygens (including phenoxy) is 2. The number of fused-ring (bicyclic) bond motifs is 1. The lowest BCUT2D eigenvalue weighted by molar-refractivity contribution is 0.108. The second-order valence-electron chi connectivity index (χ2n) is 8.23. The second kappa shape index (κ2) is 9.64. The smallest absolute Gasteiger partial charge is 0.160 e. The number of nitrogens with zero attached hydrogens (tertiary/aromatic N) is 3. The second-order valence-corrected chi connectivity index (χ2v) is 8.23. The van der Waals surface area contributed by atoms with Gasteiger partial charge in [0.15, 0.2) is 5.65 Å². The third-order valence-corrected chi connectivity index (χ3v) is 5.36. The Morgan fingerprint density at radius 2 is 2.19 bits per heavy atom. The summed E-state index contributed by atoms with van der Waals surface area (Å²) in [5.41, 5.74) is 3.66. The van der Waals surface area contributed by atoms with Crippen LogP contribution in [-0.2, 0) is 4.74 Å². The number of anilines is 1. The quantitative estimate of drug-likeness (QED) is 0.485. The van der Waals surface area contributed by atoms with E-state index in [2.05, 4.69) is 35.6 Å². The zero-order valence-corrected chi connectivity index (χ0v) is 18.3. The van der Waals surface area contributed by atoms with E-state index < -0.39 is 6.10 Å². The van der Waals surface area contributed by atoms with Crippen molar-refractivity contribution in [1.29, 1.82) is 0 Å². The van der Waals surface area contributed by atoms with E-state index in [9.17, 15) is 5.11 Å². The molecule has 1 aliphatic heterocycles. The molecule has 8 heteroatoms. The highest BCUT2D eigenvalue weighted by Gasteiger charge is 2.19. The Hall–Kier alpha value is -2.68. The van der Waals surface area contributed by atoms with Crippen LogP contribution in [0.15, 0.2) is 36.5 Å². The molecule has 0 spiro atoms. The van der Waals surface area contributed by atoms with Gasteiger partial charge in [-0.05, 0) is 45.5 Å². The van der Waals surface area contributed by atoms with Gasteiger partial charge in [-0.1, -0.05) is 12.1 Å². The summed E-state index contributed by atoms with van der Waals surface area (Å²) in [5, 5.41) is 22.1. The molecule has 1 aliphatic rings. The molecule has 1 fully saturated rings. The SMILES string of the molecule is CNCC(O)COc1cccc(-c2cc(NC3CCOC3)c3cnn(C(C)C)c3n2)c1. The summed E-state index contributed by atoms with van der Waals surface area (Å²) in [4.78, 5) is 4.94. The van der Waals surface area contributed by atoms with E-state index >= 15 is 0 Å². The van der Waals surface area contributed by atoms with Crippen molar-refractivity contribution in [1.82, 2.24) is 20.1 Å². The van der Waals surface area contributed by atoms with Crippen LogP contribution in [0.2, 0.25) is 0 Å². The molecule has 0 amide bonds. The Morgan fingerprint density at radius 1 is 1.32 bits per heavy atom. The molecule has 4 rings (SSSR count). The third-order valence-electron chi connectivity index (χ3n) is 5.36. The van der Waals surface area contributed by atoms with E-state index in [-0.39, 0.29) is 18.7 Å². The van der Waals surface area contributed by atoms with Crippen LogP contribution in [0.5, 0.6) is 5.75 Å². The fourth-order valence-corrected chi connectivity index (χ4v) is 3.76. The van der Waals surface area contributed by atoms with E-state index in [0.29, 0.717) is 18.9 Å². The third kappa shape index (κ3) is 4.98. The van der Waals surface area contributed by atoms with Crippen LogP contribution < -0.4 is 15.4 Å². The van der Waals surface area contributed by atoms with Crippen molar-refractivity contribution in [2.75, 3.05) is 38.7 Å². The molecule has 3 heterocycles. The van der Waals surface area contributed by atoms with Crippen LogP contribution in [0, 0.1) is 0 Å². The number of rotatable bonds is 9. The molecule has 0 radical (unpaired) electrons. The predicted octanol–water partition coefficient (Wildman–Crippen LogP) is 2.84. The molecule has 2 unspecified atom stereocenters. The zero-order chi connectivity index (χ0) is 21.8. The monoisotopic (exact) mass is 425 g/mol. The van der Waals surface area contributed by atoms with Crippen molar-refractivity contribution < 1.29 is 14.6 Å². The van der Waals surface area contributed by atoms with E-state index in [4.69, 9.17) is 14.5 Å². The largest absolute Gasteiger partial charge is 0.491 e. The van der Waals surface area contributed by atoms with Gasteiger partial charge in [-0.15, -0.1) is 0 Å². The molecule has 0 saturated carbocycles. The lowest BCUT2D eigenvalue weighted by atomic mass is 10.1. The number of hydrogen-bond acceptors (Lipinski definition) is 7. The summed E-state index contributed by atoms with van der Waals surface area (Å²) >= 11 is 0. The zero-order valence-electron chi connectivity index (χ0n) is 18.3. The fourth-order valence-electron chi connectivity index (χ4n) is 3.76. The summed E-state index contributed by atoms with van der Waals surface area (Å²) in [6.45, 7) is 6.40. The number of nitrogens with one attached hydrogen (secondary N) is 2. The lowest BCUT2D eigenvalue weighted by Crippen LogP contribution is -2.29. The summed E-state index contributed by atoms with van der Waals surface area (Å²) in [6.07, 6.45) is 2.30. The minimum Gasteiger partial charge on any atom is -0.491 e. The average Bonchev–Trinajstić information content (AvgIpc) is 3.42. The van der Waals surface area contributed by atoms with Gasteiger partial charge in [0.05, 0.1) is 29.9 Å². The minimum atomic E-state index is -0.562. The first-order valence-electron chi connectivity index (χ1n) is 10.8. The van der Waals surface area contributed by atoms with E-state index in [1.54, 1.807) is 7.05 Å². The summed E-state index contributed by atoms with van der Waals surface area (Å²) in [5.74, 6) is 0.700. The summed E-state index contributed by atoms with van der Waals surface area (Å²) in [7, 11) is 1.80. The van der Waals surface area contributed by atoms with Crippen LogP contribution in [0.4, 0.5) is 5.69 Å². The van der Waals surface area contributed by atoms with Gasteiger partial charge in [-0.3, -0.25) is 0 Å². The van der Waals surface area contributed by atoms with Crippen LogP contribution in [0.3, 0.4) is 0 Å². The Kier molecular flexibility index (Phi) is 6.70. The number of aromatic nitrogens is 3. The Bertz CT molecular complexity index is 1010. The maximum absolute atomic E-state index is 9.92. The minimum absolute atomic E-state index is 0.200.